The highest BCUT2D eigenvalue weighted by atomic mass is 16.2. The zero-order valence-electron chi connectivity index (χ0n) is 16.6. The predicted molar refractivity (Wildman–Crippen MR) is 115 cm³/mol. The van der Waals surface area contributed by atoms with Gasteiger partial charge in [0.2, 0.25) is 0 Å². The van der Waals surface area contributed by atoms with Gasteiger partial charge in [-0.25, -0.2) is 0 Å². The Bertz CT molecular complexity index is 983. The van der Waals surface area contributed by atoms with Gasteiger partial charge in [0.25, 0.3) is 5.91 Å². The number of H-pyrrole nitrogens is 1. The van der Waals surface area contributed by atoms with E-state index in [1.807, 2.05) is 30.5 Å². The zero-order valence-corrected chi connectivity index (χ0v) is 16.6. The number of hydrazine groups is 1. The zero-order chi connectivity index (χ0) is 19.6. The Kier molecular flexibility index (Phi) is 5.08. The maximum Gasteiger partial charge on any atom is 0.253 e. The summed E-state index contributed by atoms with van der Waals surface area (Å²) in [6.07, 6.45) is 5.22. The van der Waals surface area contributed by atoms with Crippen molar-refractivity contribution in [2.24, 2.45) is 11.8 Å². The minimum atomic E-state index is 0.150. The summed E-state index contributed by atoms with van der Waals surface area (Å²) in [6, 6.07) is 19.1. The summed E-state index contributed by atoms with van der Waals surface area (Å²) in [5.41, 5.74) is 10.1. The normalized spacial score (nSPS) is 24.8. The number of amides is 1. The van der Waals surface area contributed by atoms with Gasteiger partial charge in [0.15, 0.2) is 0 Å². The molecule has 3 unspecified atom stereocenters. The quantitative estimate of drug-likeness (QED) is 0.642. The van der Waals surface area contributed by atoms with Crippen LogP contribution in [0.1, 0.15) is 28.8 Å². The van der Waals surface area contributed by atoms with Gasteiger partial charge in [-0.3, -0.25) is 15.6 Å². The minimum absolute atomic E-state index is 0.150. The summed E-state index contributed by atoms with van der Waals surface area (Å²) >= 11 is 0. The van der Waals surface area contributed by atoms with Crippen molar-refractivity contribution in [3.63, 3.8) is 0 Å². The van der Waals surface area contributed by atoms with E-state index in [4.69, 9.17) is 0 Å². The van der Waals surface area contributed by atoms with Crippen molar-refractivity contribution in [3.05, 3.63) is 71.9 Å². The van der Waals surface area contributed by atoms with E-state index in [0.29, 0.717) is 17.9 Å². The third-order valence-corrected chi connectivity index (χ3v) is 6.54. The Labute approximate surface area is 171 Å². The molecule has 1 amide bonds. The maximum absolute atomic E-state index is 13.2. The van der Waals surface area contributed by atoms with Crippen molar-refractivity contribution in [1.82, 2.24) is 20.7 Å². The molecule has 3 aromatic rings. The molecule has 5 nitrogen and oxygen atoms in total. The Morgan fingerprint density at radius 1 is 1.10 bits per heavy atom. The van der Waals surface area contributed by atoms with Crippen LogP contribution in [-0.2, 0) is 6.42 Å². The van der Waals surface area contributed by atoms with Crippen LogP contribution < -0.4 is 10.9 Å². The van der Waals surface area contributed by atoms with Gasteiger partial charge in [-0.05, 0) is 60.2 Å². The van der Waals surface area contributed by atoms with Crippen LogP contribution in [0.25, 0.3) is 10.9 Å². The lowest BCUT2D eigenvalue weighted by Gasteiger charge is -2.37. The molecule has 3 N–H and O–H groups in total. The first-order chi connectivity index (χ1) is 14.3. The number of piperidine rings is 1. The third-order valence-electron chi connectivity index (χ3n) is 6.54. The molecular formula is C24H28N4O. The Hall–Kier alpha value is -2.63. The number of rotatable bonds is 4. The first-order valence-corrected chi connectivity index (χ1v) is 10.7. The molecule has 0 bridgehead atoms. The summed E-state index contributed by atoms with van der Waals surface area (Å²) in [5.74, 6) is 1.18. The van der Waals surface area contributed by atoms with E-state index in [1.54, 1.807) is 0 Å². The average molecular weight is 389 g/mol. The number of nitrogens with zero attached hydrogens (tertiary/aromatic N) is 1. The highest BCUT2D eigenvalue weighted by molar-refractivity contribution is 5.98. The number of carbonyl (C=O) groups is 1. The van der Waals surface area contributed by atoms with E-state index in [2.05, 4.69) is 51.1 Å². The lowest BCUT2D eigenvalue weighted by atomic mass is 9.81. The van der Waals surface area contributed by atoms with Crippen LogP contribution in [0.4, 0.5) is 0 Å². The van der Waals surface area contributed by atoms with Crippen LogP contribution in [-0.4, -0.2) is 41.5 Å². The molecule has 29 heavy (non-hydrogen) atoms. The highest BCUT2D eigenvalue weighted by Gasteiger charge is 2.37. The molecule has 2 aliphatic heterocycles. The molecular weight excluding hydrogens is 360 g/mol. The van der Waals surface area contributed by atoms with E-state index < -0.39 is 0 Å². The van der Waals surface area contributed by atoms with Crippen LogP contribution in [0.5, 0.6) is 0 Å². The second-order valence-electron chi connectivity index (χ2n) is 8.43. The number of hydrogen-bond donors (Lipinski definition) is 3. The lowest BCUT2D eigenvalue weighted by Crippen LogP contribution is -2.48. The van der Waals surface area contributed by atoms with Crippen molar-refractivity contribution in [3.8, 4) is 0 Å². The maximum atomic E-state index is 13.2. The second kappa shape index (κ2) is 8.01. The molecule has 3 atom stereocenters. The fourth-order valence-corrected chi connectivity index (χ4v) is 5.02. The third kappa shape index (κ3) is 3.80. The molecule has 2 aromatic carbocycles. The molecule has 150 valence electrons. The number of hydrogen-bond acceptors (Lipinski definition) is 3. The average Bonchev–Trinajstić information content (AvgIpc) is 3.43. The summed E-state index contributed by atoms with van der Waals surface area (Å²) in [7, 11) is 0. The topological polar surface area (TPSA) is 60.2 Å². The first-order valence-electron chi connectivity index (χ1n) is 10.7. The van der Waals surface area contributed by atoms with Gasteiger partial charge in [-0.1, -0.05) is 36.4 Å². The minimum Gasteiger partial charge on any atom is -0.361 e. The van der Waals surface area contributed by atoms with E-state index in [-0.39, 0.29) is 5.91 Å². The molecule has 2 aliphatic rings. The van der Waals surface area contributed by atoms with E-state index in [0.717, 1.165) is 48.9 Å². The van der Waals surface area contributed by atoms with E-state index in [9.17, 15) is 4.79 Å². The molecule has 0 spiro atoms. The summed E-state index contributed by atoms with van der Waals surface area (Å²) in [4.78, 5) is 18.4. The summed E-state index contributed by atoms with van der Waals surface area (Å²) in [5, 5.41) is 1.14. The fraction of sp³-hybridized carbons (Fsp3) is 0.375. The van der Waals surface area contributed by atoms with Crippen LogP contribution in [0.2, 0.25) is 0 Å². The van der Waals surface area contributed by atoms with E-state index >= 15 is 0 Å². The van der Waals surface area contributed by atoms with Crippen LogP contribution >= 0.6 is 0 Å². The molecule has 5 heteroatoms. The molecule has 5 rings (SSSR count). The lowest BCUT2D eigenvalue weighted by molar-refractivity contribution is 0.0635. The molecule has 0 saturated carbocycles. The predicted octanol–water partition coefficient (Wildman–Crippen LogP) is 3.36. The van der Waals surface area contributed by atoms with E-state index in [1.165, 1.54) is 12.0 Å². The fourth-order valence-electron chi connectivity index (χ4n) is 5.02. The first kappa shape index (κ1) is 18.4. The highest BCUT2D eigenvalue weighted by Crippen LogP contribution is 2.29. The molecule has 3 heterocycles. The number of carbonyl (C=O) groups excluding carboxylic acids is 1. The smallest absolute Gasteiger partial charge is 0.253 e. The Morgan fingerprint density at radius 3 is 2.90 bits per heavy atom. The van der Waals surface area contributed by atoms with Gasteiger partial charge in [0, 0.05) is 43.0 Å². The SMILES string of the molecule is O=C(c1ccc2cc[nH]c2c1)N1CCCC(C2NNCC2Cc2ccccc2)C1. The van der Waals surface area contributed by atoms with Crippen LogP contribution in [0, 0.1) is 11.8 Å². The molecule has 0 aliphatic carbocycles. The standard InChI is InChI=1S/C24H28N4O/c29-24(19-9-8-18-10-11-25-22(18)14-19)28-12-4-7-20(16-28)23-21(15-26-27-23)13-17-5-2-1-3-6-17/h1-3,5-6,8-11,14,20-21,23,25-27H,4,7,12-13,15-16H2. The van der Waals surface area contributed by atoms with Crippen LogP contribution in [0.15, 0.2) is 60.8 Å². The number of likely N-dealkylation sites (tertiary alicyclic amines) is 1. The van der Waals surface area contributed by atoms with Gasteiger partial charge in [0.05, 0.1) is 0 Å². The monoisotopic (exact) mass is 388 g/mol. The number of fused-ring (bicyclic) bond motifs is 1. The van der Waals surface area contributed by atoms with Crippen molar-refractivity contribution in [1.29, 1.82) is 0 Å². The molecule has 2 saturated heterocycles. The van der Waals surface area contributed by atoms with Crippen molar-refractivity contribution in [2.75, 3.05) is 19.6 Å². The second-order valence-corrected chi connectivity index (χ2v) is 8.43. The van der Waals surface area contributed by atoms with Gasteiger partial charge in [-0.15, -0.1) is 0 Å². The summed E-state index contributed by atoms with van der Waals surface area (Å²) in [6.45, 7) is 2.65. The van der Waals surface area contributed by atoms with Crippen molar-refractivity contribution < 1.29 is 4.79 Å². The largest absolute Gasteiger partial charge is 0.361 e. The summed E-state index contributed by atoms with van der Waals surface area (Å²) < 4.78 is 0. The molecule has 1 aromatic heterocycles. The molecule has 2 fully saturated rings. The number of nitrogens with one attached hydrogen (secondary N) is 3. The van der Waals surface area contributed by atoms with Crippen molar-refractivity contribution >= 4 is 16.8 Å². The van der Waals surface area contributed by atoms with Gasteiger partial charge < -0.3 is 9.88 Å². The molecule has 0 radical (unpaired) electrons. The Morgan fingerprint density at radius 2 is 2.00 bits per heavy atom. The number of aromatic nitrogens is 1. The van der Waals surface area contributed by atoms with Crippen LogP contribution in [0.3, 0.4) is 0 Å². The van der Waals surface area contributed by atoms with Gasteiger partial charge in [-0.2, -0.15) is 0 Å². The Balaban J connectivity index is 1.28. The van der Waals surface area contributed by atoms with Gasteiger partial charge in [0.1, 0.15) is 0 Å². The van der Waals surface area contributed by atoms with Crippen molar-refractivity contribution in [2.45, 2.75) is 25.3 Å². The van der Waals surface area contributed by atoms with Gasteiger partial charge >= 0.3 is 0 Å². The number of aromatic amines is 1. The number of benzene rings is 2.